The van der Waals surface area contributed by atoms with E-state index in [9.17, 15) is 0 Å². The molecule has 0 aliphatic carbocycles. The molecule has 0 aliphatic heterocycles. The number of benzene rings is 1. The number of methoxy groups -OCH3 is 1. The van der Waals surface area contributed by atoms with E-state index in [2.05, 4.69) is 4.99 Å². The van der Waals surface area contributed by atoms with Crippen molar-refractivity contribution >= 4 is 17.6 Å². The van der Waals surface area contributed by atoms with Crippen LogP contribution in [0.1, 0.15) is 18.5 Å². The Kier molecular flexibility index (Phi) is 3.80. The third-order valence-corrected chi connectivity index (χ3v) is 2.30. The predicted octanol–water partition coefficient (Wildman–Crippen LogP) is 1.68. The fraction of sp³-hybridized carbons (Fsp3) is 0.300. The molecule has 0 heterocycles. The number of guanidine groups is 1. The Balaban J connectivity index is 2.97. The molecule has 1 rings (SSSR count). The van der Waals surface area contributed by atoms with Crippen LogP contribution in [0.3, 0.4) is 0 Å². The van der Waals surface area contributed by atoms with Crippen LogP contribution in [-0.2, 0) is 0 Å². The summed E-state index contributed by atoms with van der Waals surface area (Å²) >= 11 is 5.97. The molecule has 0 amide bonds. The highest BCUT2D eigenvalue weighted by molar-refractivity contribution is 6.32. The van der Waals surface area contributed by atoms with Crippen LogP contribution < -0.4 is 16.2 Å². The van der Waals surface area contributed by atoms with Gasteiger partial charge in [-0.25, -0.2) is 4.99 Å². The standard InChI is InChI=1S/C10H14ClN3O/c1-6(14-10(12)13)7-3-4-9(15-2)8(11)5-7/h3-6H,1-2H3,(H4,12,13,14). The van der Waals surface area contributed by atoms with Gasteiger partial charge in [0, 0.05) is 0 Å². The molecule has 1 aromatic carbocycles. The molecule has 0 saturated carbocycles. The van der Waals surface area contributed by atoms with Crippen molar-refractivity contribution in [2.24, 2.45) is 16.5 Å². The van der Waals surface area contributed by atoms with Crippen LogP contribution >= 0.6 is 11.6 Å². The molecule has 0 fully saturated rings. The molecule has 0 saturated heterocycles. The maximum atomic E-state index is 5.97. The number of nitrogens with zero attached hydrogens (tertiary/aromatic N) is 1. The van der Waals surface area contributed by atoms with E-state index in [4.69, 9.17) is 27.8 Å². The SMILES string of the molecule is COc1ccc(C(C)N=C(N)N)cc1Cl. The lowest BCUT2D eigenvalue weighted by molar-refractivity contribution is 0.415. The molecule has 0 aliphatic rings. The smallest absolute Gasteiger partial charge is 0.186 e. The average Bonchev–Trinajstić information content (AvgIpc) is 2.16. The average molecular weight is 228 g/mol. The topological polar surface area (TPSA) is 73.6 Å². The van der Waals surface area contributed by atoms with Gasteiger partial charge in [-0.05, 0) is 24.6 Å². The van der Waals surface area contributed by atoms with E-state index in [1.54, 1.807) is 19.2 Å². The Hall–Kier alpha value is -1.42. The number of rotatable bonds is 3. The largest absolute Gasteiger partial charge is 0.495 e. The van der Waals surface area contributed by atoms with Crippen molar-refractivity contribution in [2.75, 3.05) is 7.11 Å². The minimum Gasteiger partial charge on any atom is -0.495 e. The van der Waals surface area contributed by atoms with Crippen LogP contribution in [0.4, 0.5) is 0 Å². The third-order valence-electron chi connectivity index (χ3n) is 2.00. The molecule has 0 spiro atoms. The first-order valence-corrected chi connectivity index (χ1v) is 4.84. The summed E-state index contributed by atoms with van der Waals surface area (Å²) in [5.74, 6) is 0.701. The van der Waals surface area contributed by atoms with Crippen LogP contribution in [0.2, 0.25) is 5.02 Å². The first-order valence-electron chi connectivity index (χ1n) is 4.46. The summed E-state index contributed by atoms with van der Waals surface area (Å²) in [4.78, 5) is 4.02. The van der Waals surface area contributed by atoms with Gasteiger partial charge >= 0.3 is 0 Å². The number of nitrogens with two attached hydrogens (primary N) is 2. The van der Waals surface area contributed by atoms with Crippen molar-refractivity contribution in [1.82, 2.24) is 0 Å². The fourth-order valence-corrected chi connectivity index (χ4v) is 1.51. The minimum atomic E-state index is -0.113. The molecule has 0 aromatic heterocycles. The second-order valence-electron chi connectivity index (χ2n) is 3.12. The number of ether oxygens (including phenoxy) is 1. The number of halogens is 1. The highest BCUT2D eigenvalue weighted by atomic mass is 35.5. The van der Waals surface area contributed by atoms with Crippen LogP contribution in [0.5, 0.6) is 5.75 Å². The normalized spacial score (nSPS) is 11.9. The van der Waals surface area contributed by atoms with Gasteiger partial charge in [0.25, 0.3) is 0 Å². The van der Waals surface area contributed by atoms with Gasteiger partial charge in [0.1, 0.15) is 5.75 Å². The molecular weight excluding hydrogens is 214 g/mol. The number of aliphatic imine (C=N–C) groups is 1. The van der Waals surface area contributed by atoms with Gasteiger partial charge in [-0.2, -0.15) is 0 Å². The first-order chi connectivity index (χ1) is 7.04. The Morgan fingerprint density at radius 3 is 2.60 bits per heavy atom. The summed E-state index contributed by atoms with van der Waals surface area (Å²) in [7, 11) is 1.57. The zero-order chi connectivity index (χ0) is 11.4. The van der Waals surface area contributed by atoms with Crippen LogP contribution in [-0.4, -0.2) is 13.1 Å². The molecular formula is C10H14ClN3O. The monoisotopic (exact) mass is 227 g/mol. The Labute approximate surface area is 93.9 Å². The van der Waals surface area contributed by atoms with Crippen molar-refractivity contribution in [3.05, 3.63) is 28.8 Å². The zero-order valence-corrected chi connectivity index (χ0v) is 9.45. The molecule has 4 N–H and O–H groups in total. The Morgan fingerprint density at radius 1 is 1.47 bits per heavy atom. The quantitative estimate of drug-likeness (QED) is 0.610. The maximum Gasteiger partial charge on any atom is 0.186 e. The molecule has 82 valence electrons. The number of hydrogen-bond donors (Lipinski definition) is 2. The molecule has 1 atom stereocenters. The fourth-order valence-electron chi connectivity index (χ4n) is 1.24. The summed E-state index contributed by atoms with van der Waals surface area (Å²) in [5, 5.41) is 0.549. The lowest BCUT2D eigenvalue weighted by atomic mass is 10.1. The summed E-state index contributed by atoms with van der Waals surface area (Å²) in [6.45, 7) is 1.89. The summed E-state index contributed by atoms with van der Waals surface area (Å²) in [6.07, 6.45) is 0. The number of hydrogen-bond acceptors (Lipinski definition) is 2. The van der Waals surface area contributed by atoms with Gasteiger partial charge in [-0.1, -0.05) is 17.7 Å². The minimum absolute atomic E-state index is 0.0643. The van der Waals surface area contributed by atoms with E-state index in [0.29, 0.717) is 10.8 Å². The summed E-state index contributed by atoms with van der Waals surface area (Å²) < 4.78 is 5.04. The molecule has 1 aromatic rings. The Bertz CT molecular complexity index is 375. The van der Waals surface area contributed by atoms with E-state index in [1.165, 1.54) is 0 Å². The molecule has 0 radical (unpaired) electrons. The summed E-state index contributed by atoms with van der Waals surface area (Å²) in [5.41, 5.74) is 11.5. The van der Waals surface area contributed by atoms with Gasteiger partial charge in [0.05, 0.1) is 18.2 Å². The van der Waals surface area contributed by atoms with Crippen LogP contribution in [0.25, 0.3) is 0 Å². The highest BCUT2D eigenvalue weighted by Gasteiger charge is 2.07. The van der Waals surface area contributed by atoms with Crippen molar-refractivity contribution < 1.29 is 4.74 Å². The lowest BCUT2D eigenvalue weighted by Crippen LogP contribution is -2.23. The third kappa shape index (κ3) is 3.02. The van der Waals surface area contributed by atoms with Crippen molar-refractivity contribution in [3.63, 3.8) is 0 Å². The van der Waals surface area contributed by atoms with Gasteiger partial charge in [-0.15, -0.1) is 0 Å². The van der Waals surface area contributed by atoms with E-state index in [-0.39, 0.29) is 12.0 Å². The second kappa shape index (κ2) is 4.89. The molecule has 0 bridgehead atoms. The predicted molar refractivity (Wildman–Crippen MR) is 62.2 cm³/mol. The van der Waals surface area contributed by atoms with Gasteiger partial charge in [0.15, 0.2) is 5.96 Å². The van der Waals surface area contributed by atoms with E-state index >= 15 is 0 Å². The summed E-state index contributed by atoms with van der Waals surface area (Å²) in [6, 6.07) is 5.34. The van der Waals surface area contributed by atoms with E-state index < -0.39 is 0 Å². The zero-order valence-electron chi connectivity index (χ0n) is 8.70. The molecule has 15 heavy (non-hydrogen) atoms. The lowest BCUT2D eigenvalue weighted by Gasteiger charge is -2.09. The van der Waals surface area contributed by atoms with Crippen molar-refractivity contribution in [2.45, 2.75) is 13.0 Å². The molecule has 5 heteroatoms. The van der Waals surface area contributed by atoms with Crippen LogP contribution in [0.15, 0.2) is 23.2 Å². The maximum absolute atomic E-state index is 5.97. The Morgan fingerprint density at radius 2 is 2.13 bits per heavy atom. The van der Waals surface area contributed by atoms with Gasteiger partial charge in [-0.3, -0.25) is 0 Å². The molecule has 4 nitrogen and oxygen atoms in total. The van der Waals surface area contributed by atoms with Crippen molar-refractivity contribution in [3.8, 4) is 5.75 Å². The highest BCUT2D eigenvalue weighted by Crippen LogP contribution is 2.28. The van der Waals surface area contributed by atoms with Crippen LogP contribution in [0, 0.1) is 0 Å². The van der Waals surface area contributed by atoms with E-state index in [0.717, 1.165) is 5.56 Å². The second-order valence-corrected chi connectivity index (χ2v) is 3.53. The van der Waals surface area contributed by atoms with Gasteiger partial charge < -0.3 is 16.2 Å². The van der Waals surface area contributed by atoms with Gasteiger partial charge in [0.2, 0.25) is 0 Å². The van der Waals surface area contributed by atoms with E-state index in [1.807, 2.05) is 13.0 Å². The van der Waals surface area contributed by atoms with Crippen molar-refractivity contribution in [1.29, 1.82) is 0 Å². The molecule has 1 unspecified atom stereocenters. The first kappa shape index (κ1) is 11.7.